The molecule has 35 heavy (non-hydrogen) atoms. The largest absolute Gasteiger partial charge is 0.423 e. The molecule has 176 valence electrons. The molecule has 0 spiro atoms. The zero-order chi connectivity index (χ0) is 24.7. The van der Waals surface area contributed by atoms with Crippen LogP contribution in [-0.2, 0) is 4.79 Å². The summed E-state index contributed by atoms with van der Waals surface area (Å²) in [5.74, 6) is -0.638. The monoisotopic (exact) mass is 488 g/mol. The second kappa shape index (κ2) is 9.12. The molecular formula is C28H22ClFN2O3. The second-order valence-corrected chi connectivity index (χ2v) is 8.93. The van der Waals surface area contributed by atoms with Gasteiger partial charge in [-0.05, 0) is 60.4 Å². The highest BCUT2D eigenvalue weighted by Crippen LogP contribution is 2.35. The number of halogens is 2. The Hall–Kier alpha value is -3.77. The maximum atomic E-state index is 15.5. The van der Waals surface area contributed by atoms with Crippen LogP contribution in [0.3, 0.4) is 0 Å². The summed E-state index contributed by atoms with van der Waals surface area (Å²) < 4.78 is 21.0. The molecule has 5 nitrogen and oxygen atoms in total. The van der Waals surface area contributed by atoms with Crippen LogP contribution in [0.1, 0.15) is 30.0 Å². The van der Waals surface area contributed by atoms with Crippen molar-refractivity contribution in [2.24, 2.45) is 4.99 Å². The Kier molecular flexibility index (Phi) is 5.99. The lowest BCUT2D eigenvalue weighted by Crippen LogP contribution is -2.33. The Morgan fingerprint density at radius 1 is 1.06 bits per heavy atom. The molecule has 2 heterocycles. The van der Waals surface area contributed by atoms with Crippen LogP contribution >= 0.6 is 11.6 Å². The molecule has 7 heteroatoms. The third-order valence-corrected chi connectivity index (χ3v) is 6.37. The number of amides is 1. The number of rotatable bonds is 4. The van der Waals surface area contributed by atoms with Gasteiger partial charge in [-0.25, -0.2) is 9.18 Å². The molecule has 4 aromatic rings. The second-order valence-electron chi connectivity index (χ2n) is 8.49. The number of benzodiazepines with no additional fused rings is 1. The van der Waals surface area contributed by atoms with Gasteiger partial charge >= 0.3 is 5.63 Å². The van der Waals surface area contributed by atoms with Gasteiger partial charge in [0.2, 0.25) is 5.91 Å². The molecule has 1 aliphatic rings. The molecule has 0 N–H and O–H groups in total. The maximum Gasteiger partial charge on any atom is 0.336 e. The fraction of sp³-hybridized carbons (Fsp3) is 0.179. The van der Waals surface area contributed by atoms with Gasteiger partial charge in [0, 0.05) is 34.1 Å². The molecule has 1 aromatic heterocycles. The predicted octanol–water partition coefficient (Wildman–Crippen LogP) is 6.15. The zero-order valence-corrected chi connectivity index (χ0v) is 20.0. The van der Waals surface area contributed by atoms with E-state index in [0.717, 1.165) is 17.4 Å². The van der Waals surface area contributed by atoms with E-state index in [9.17, 15) is 9.59 Å². The van der Waals surface area contributed by atoms with E-state index in [-0.39, 0.29) is 18.0 Å². The number of hydrogen-bond acceptors (Lipinski definition) is 4. The summed E-state index contributed by atoms with van der Waals surface area (Å²) in [5, 5.41) is 1.26. The maximum absolute atomic E-state index is 15.5. The van der Waals surface area contributed by atoms with Crippen molar-refractivity contribution in [3.63, 3.8) is 0 Å². The fourth-order valence-corrected chi connectivity index (χ4v) is 4.74. The number of aliphatic imine (C=N–C) groups is 1. The first-order chi connectivity index (χ1) is 16.9. The Morgan fingerprint density at radius 3 is 2.69 bits per heavy atom. The van der Waals surface area contributed by atoms with E-state index in [4.69, 9.17) is 16.0 Å². The van der Waals surface area contributed by atoms with Gasteiger partial charge in [0.25, 0.3) is 0 Å². The lowest BCUT2D eigenvalue weighted by molar-refractivity contribution is -0.117. The Morgan fingerprint density at radius 2 is 1.89 bits per heavy atom. The lowest BCUT2D eigenvalue weighted by atomic mass is 9.91. The first-order valence-electron chi connectivity index (χ1n) is 11.4. The summed E-state index contributed by atoms with van der Waals surface area (Å²) >= 11 is 6.34. The summed E-state index contributed by atoms with van der Waals surface area (Å²) in [6, 6.07) is 16.9. The van der Waals surface area contributed by atoms with Crippen molar-refractivity contribution in [2.45, 2.75) is 20.3 Å². The summed E-state index contributed by atoms with van der Waals surface area (Å²) in [4.78, 5) is 31.1. The van der Waals surface area contributed by atoms with Crippen molar-refractivity contribution in [3.8, 4) is 11.1 Å². The van der Waals surface area contributed by atoms with Gasteiger partial charge in [-0.3, -0.25) is 9.79 Å². The summed E-state index contributed by atoms with van der Waals surface area (Å²) in [5.41, 5.74) is 3.85. The van der Waals surface area contributed by atoms with Crippen molar-refractivity contribution in [1.29, 1.82) is 0 Å². The number of fused-ring (bicyclic) bond motifs is 2. The minimum Gasteiger partial charge on any atom is -0.423 e. The van der Waals surface area contributed by atoms with Gasteiger partial charge in [0.1, 0.15) is 17.9 Å². The van der Waals surface area contributed by atoms with Gasteiger partial charge in [-0.1, -0.05) is 42.8 Å². The van der Waals surface area contributed by atoms with Crippen LogP contribution in [0, 0.1) is 12.7 Å². The van der Waals surface area contributed by atoms with Crippen molar-refractivity contribution >= 4 is 39.9 Å². The highest BCUT2D eigenvalue weighted by atomic mass is 35.5. The molecule has 1 amide bonds. The van der Waals surface area contributed by atoms with Crippen LogP contribution in [-0.4, -0.2) is 24.7 Å². The molecule has 0 bridgehead atoms. The molecule has 0 saturated heterocycles. The molecule has 1 aliphatic heterocycles. The number of carbonyl (C=O) groups excluding carboxylic acids is 1. The molecule has 0 aliphatic carbocycles. The Bertz CT molecular complexity index is 1570. The third-order valence-electron chi connectivity index (χ3n) is 6.14. The summed E-state index contributed by atoms with van der Waals surface area (Å²) in [7, 11) is 0. The highest BCUT2D eigenvalue weighted by molar-refractivity contribution is 6.32. The SMILES string of the molecule is CCCN1C(=O)CN=C(c2c(F)cccc2-c2ccc3c(C)cc(=O)oc3c2)c2cc(Cl)ccc21. The molecule has 5 rings (SSSR count). The van der Waals surface area contributed by atoms with Crippen LogP contribution in [0.4, 0.5) is 10.1 Å². The Balaban J connectivity index is 1.76. The van der Waals surface area contributed by atoms with E-state index in [1.54, 1.807) is 41.3 Å². The molecule has 0 unspecified atom stereocenters. The van der Waals surface area contributed by atoms with Crippen molar-refractivity contribution < 1.29 is 13.6 Å². The number of aryl methyl sites for hydroxylation is 1. The normalized spacial score (nSPS) is 13.5. The van der Waals surface area contributed by atoms with E-state index in [0.29, 0.717) is 45.2 Å². The summed E-state index contributed by atoms with van der Waals surface area (Å²) in [6.07, 6.45) is 0.760. The van der Waals surface area contributed by atoms with Gasteiger partial charge in [-0.15, -0.1) is 0 Å². The first kappa shape index (κ1) is 23.0. The average Bonchev–Trinajstić information content (AvgIpc) is 2.95. The van der Waals surface area contributed by atoms with Gasteiger partial charge < -0.3 is 9.32 Å². The zero-order valence-electron chi connectivity index (χ0n) is 19.3. The molecule has 0 fully saturated rings. The smallest absolute Gasteiger partial charge is 0.336 e. The minimum absolute atomic E-state index is 0.110. The molecule has 0 radical (unpaired) electrons. The molecule has 0 atom stereocenters. The quantitative estimate of drug-likeness (QED) is 0.323. The number of hydrogen-bond donors (Lipinski definition) is 0. The van der Waals surface area contributed by atoms with Crippen molar-refractivity contribution in [2.75, 3.05) is 18.0 Å². The number of nitrogens with zero attached hydrogens (tertiary/aromatic N) is 2. The van der Waals surface area contributed by atoms with Crippen LogP contribution in [0.5, 0.6) is 0 Å². The third kappa shape index (κ3) is 4.15. The van der Waals surface area contributed by atoms with Crippen molar-refractivity contribution in [3.05, 3.63) is 98.6 Å². The van der Waals surface area contributed by atoms with E-state index in [1.807, 2.05) is 26.0 Å². The van der Waals surface area contributed by atoms with Crippen molar-refractivity contribution in [1.82, 2.24) is 0 Å². The lowest BCUT2D eigenvalue weighted by Gasteiger charge is -2.23. The summed E-state index contributed by atoms with van der Waals surface area (Å²) in [6.45, 7) is 4.24. The van der Waals surface area contributed by atoms with Gasteiger partial charge in [0.15, 0.2) is 0 Å². The Labute approximate surface area is 206 Å². The number of carbonyl (C=O) groups is 1. The topological polar surface area (TPSA) is 62.9 Å². The van der Waals surface area contributed by atoms with Crippen LogP contribution in [0.25, 0.3) is 22.1 Å². The fourth-order valence-electron chi connectivity index (χ4n) is 4.57. The van der Waals surface area contributed by atoms with E-state index in [2.05, 4.69) is 4.99 Å². The van der Waals surface area contributed by atoms with E-state index < -0.39 is 11.4 Å². The van der Waals surface area contributed by atoms with Gasteiger partial charge in [0.05, 0.1) is 11.4 Å². The number of benzene rings is 3. The van der Waals surface area contributed by atoms with Gasteiger partial charge in [-0.2, -0.15) is 0 Å². The number of anilines is 1. The van der Waals surface area contributed by atoms with E-state index in [1.165, 1.54) is 12.1 Å². The van der Waals surface area contributed by atoms with E-state index >= 15 is 4.39 Å². The molecule has 0 saturated carbocycles. The van der Waals surface area contributed by atoms with Crippen LogP contribution in [0.15, 0.2) is 74.9 Å². The molecule has 3 aromatic carbocycles. The minimum atomic E-state index is -0.477. The first-order valence-corrected chi connectivity index (χ1v) is 11.7. The standard InChI is InChI=1S/C28H22ClFN2O3/c1-3-11-32-23-10-8-18(29)14-21(23)28(31-15-25(32)33)27-20(5-4-6-22(27)30)17-7-9-19-16(2)12-26(34)35-24(19)13-17/h4-10,12-14H,3,11,15H2,1-2H3. The average molecular weight is 489 g/mol. The molecular weight excluding hydrogens is 467 g/mol. The highest BCUT2D eigenvalue weighted by Gasteiger charge is 2.28. The van der Waals surface area contributed by atoms with Crippen LogP contribution < -0.4 is 10.5 Å². The van der Waals surface area contributed by atoms with Crippen LogP contribution in [0.2, 0.25) is 5.02 Å². The predicted molar refractivity (Wildman–Crippen MR) is 137 cm³/mol.